The average molecular weight is 353 g/mol. The quantitative estimate of drug-likeness (QED) is 0.849. The van der Waals surface area contributed by atoms with Crippen LogP contribution in [0.15, 0.2) is 18.2 Å². The summed E-state index contributed by atoms with van der Waals surface area (Å²) in [4.78, 5) is 14.7. The molecule has 2 atom stereocenters. The van der Waals surface area contributed by atoms with Gasteiger partial charge in [0.05, 0.1) is 5.02 Å². The first-order valence-corrected chi connectivity index (χ1v) is 9.19. The maximum atomic E-state index is 12.3. The summed E-state index contributed by atoms with van der Waals surface area (Å²) in [7, 11) is 0. The third-order valence-electron chi connectivity index (χ3n) is 4.77. The molecule has 1 heterocycles. The molecule has 2 rings (SSSR count). The molecule has 24 heavy (non-hydrogen) atoms. The summed E-state index contributed by atoms with van der Waals surface area (Å²) in [5.41, 5.74) is 1.05. The molecule has 0 saturated carbocycles. The van der Waals surface area contributed by atoms with Gasteiger partial charge in [0.2, 0.25) is 0 Å². The minimum absolute atomic E-state index is 0.107. The lowest BCUT2D eigenvalue weighted by Gasteiger charge is -2.35. The second kappa shape index (κ2) is 8.72. The molecule has 0 spiro atoms. The van der Waals surface area contributed by atoms with Crippen molar-refractivity contribution < 1.29 is 9.53 Å². The summed E-state index contributed by atoms with van der Waals surface area (Å²) in [5.74, 6) is 1.26. The third kappa shape index (κ3) is 5.38. The number of ether oxygens (including phenoxy) is 1. The van der Waals surface area contributed by atoms with E-state index in [1.165, 1.54) is 12.8 Å². The summed E-state index contributed by atoms with van der Waals surface area (Å²) in [6, 6.07) is 5.90. The predicted octanol–water partition coefficient (Wildman–Crippen LogP) is 3.65. The number of nitrogens with zero attached hydrogens (tertiary/aromatic N) is 1. The normalized spacial score (nSPS) is 18.9. The number of carbonyl (C=O) groups excluding carboxylic acids is 1. The highest BCUT2D eigenvalue weighted by Gasteiger charge is 2.22. The Morgan fingerprint density at radius 3 is 2.71 bits per heavy atom. The van der Waals surface area contributed by atoms with E-state index >= 15 is 0 Å². The topological polar surface area (TPSA) is 41.6 Å². The van der Waals surface area contributed by atoms with Crippen LogP contribution in [0.3, 0.4) is 0 Å². The zero-order valence-corrected chi connectivity index (χ0v) is 15.9. The van der Waals surface area contributed by atoms with Gasteiger partial charge in [-0.3, -0.25) is 9.69 Å². The first-order valence-electron chi connectivity index (χ1n) is 8.81. The molecule has 0 bridgehead atoms. The van der Waals surface area contributed by atoms with Crippen molar-refractivity contribution in [2.24, 2.45) is 5.92 Å². The number of benzene rings is 1. The fraction of sp³-hybridized carbons (Fsp3) is 0.632. The van der Waals surface area contributed by atoms with Gasteiger partial charge in [0.25, 0.3) is 5.91 Å². The van der Waals surface area contributed by atoms with Crippen molar-refractivity contribution in [3.63, 3.8) is 0 Å². The van der Waals surface area contributed by atoms with Crippen molar-refractivity contribution in [3.8, 4) is 5.75 Å². The summed E-state index contributed by atoms with van der Waals surface area (Å²) in [5, 5.41) is 3.52. The molecule has 1 aromatic carbocycles. The number of piperidine rings is 1. The van der Waals surface area contributed by atoms with Gasteiger partial charge in [0.15, 0.2) is 6.10 Å². The van der Waals surface area contributed by atoms with Gasteiger partial charge < -0.3 is 10.1 Å². The molecule has 1 N–H and O–H groups in total. The first-order chi connectivity index (χ1) is 11.4. The van der Waals surface area contributed by atoms with Gasteiger partial charge in [-0.2, -0.15) is 0 Å². The predicted molar refractivity (Wildman–Crippen MR) is 98.7 cm³/mol. The van der Waals surface area contributed by atoms with Crippen molar-refractivity contribution >= 4 is 17.5 Å². The smallest absolute Gasteiger partial charge is 0.260 e. The fourth-order valence-electron chi connectivity index (χ4n) is 2.94. The molecule has 0 radical (unpaired) electrons. The number of likely N-dealkylation sites (tertiary alicyclic amines) is 1. The van der Waals surface area contributed by atoms with Crippen LogP contribution in [-0.4, -0.2) is 42.6 Å². The van der Waals surface area contributed by atoms with E-state index in [1.54, 1.807) is 13.0 Å². The van der Waals surface area contributed by atoms with E-state index in [-0.39, 0.29) is 5.91 Å². The second-order valence-corrected chi connectivity index (χ2v) is 7.41. The maximum absolute atomic E-state index is 12.3. The molecule has 1 aliphatic rings. The van der Waals surface area contributed by atoms with E-state index in [0.717, 1.165) is 24.6 Å². The molecular weight excluding hydrogens is 324 g/mol. The van der Waals surface area contributed by atoms with Crippen molar-refractivity contribution in [2.45, 2.75) is 52.7 Å². The van der Waals surface area contributed by atoms with Crippen LogP contribution >= 0.6 is 11.6 Å². The first kappa shape index (κ1) is 19.1. The Morgan fingerprint density at radius 2 is 2.04 bits per heavy atom. The lowest BCUT2D eigenvalue weighted by atomic mass is 9.98. The van der Waals surface area contributed by atoms with Crippen LogP contribution in [0.1, 0.15) is 39.2 Å². The zero-order valence-electron chi connectivity index (χ0n) is 15.1. The van der Waals surface area contributed by atoms with Crippen LogP contribution in [0.5, 0.6) is 5.75 Å². The Labute approximate surface area is 150 Å². The number of rotatable bonds is 6. The number of hydrogen-bond acceptors (Lipinski definition) is 3. The van der Waals surface area contributed by atoms with E-state index in [2.05, 4.69) is 24.1 Å². The molecule has 1 saturated heterocycles. The van der Waals surface area contributed by atoms with Crippen molar-refractivity contribution in [1.29, 1.82) is 0 Å². The van der Waals surface area contributed by atoms with Crippen LogP contribution in [0, 0.1) is 12.8 Å². The van der Waals surface area contributed by atoms with E-state index in [9.17, 15) is 4.79 Å². The lowest BCUT2D eigenvalue weighted by Crippen LogP contribution is -2.47. The van der Waals surface area contributed by atoms with Gasteiger partial charge >= 0.3 is 0 Å². The molecule has 1 amide bonds. The monoisotopic (exact) mass is 352 g/mol. The molecule has 1 fully saturated rings. The standard InChI is InChI=1S/C19H29ClN2O2/c1-13-7-9-22(10-8-13)15(3)12-21-19(23)16(4)24-18-11-14(2)5-6-17(18)20/h5-6,11,13,15-16H,7-10,12H2,1-4H3,(H,21,23). The van der Waals surface area contributed by atoms with Gasteiger partial charge in [0, 0.05) is 12.6 Å². The van der Waals surface area contributed by atoms with Gasteiger partial charge in [-0.05, 0) is 70.3 Å². The molecule has 134 valence electrons. The summed E-state index contributed by atoms with van der Waals surface area (Å²) < 4.78 is 5.72. The number of carbonyl (C=O) groups is 1. The lowest BCUT2D eigenvalue weighted by molar-refractivity contribution is -0.127. The summed E-state index contributed by atoms with van der Waals surface area (Å²) >= 11 is 6.12. The maximum Gasteiger partial charge on any atom is 0.260 e. The van der Waals surface area contributed by atoms with Crippen molar-refractivity contribution in [2.75, 3.05) is 19.6 Å². The van der Waals surface area contributed by atoms with Gasteiger partial charge in [-0.25, -0.2) is 0 Å². The summed E-state index contributed by atoms with van der Waals surface area (Å²) in [6.45, 7) is 11.1. The van der Waals surface area contributed by atoms with Gasteiger partial charge in [-0.1, -0.05) is 24.6 Å². The Morgan fingerprint density at radius 1 is 1.38 bits per heavy atom. The number of amides is 1. The SMILES string of the molecule is Cc1ccc(Cl)c(OC(C)C(=O)NCC(C)N2CCC(C)CC2)c1. The number of nitrogens with one attached hydrogen (secondary N) is 1. The second-order valence-electron chi connectivity index (χ2n) is 7.01. The molecular formula is C19H29ClN2O2. The fourth-order valence-corrected chi connectivity index (χ4v) is 3.10. The van der Waals surface area contributed by atoms with Crippen molar-refractivity contribution in [1.82, 2.24) is 10.2 Å². The molecule has 1 aliphatic heterocycles. The molecule has 0 aromatic heterocycles. The van der Waals surface area contributed by atoms with Crippen LogP contribution in [0.4, 0.5) is 0 Å². The molecule has 5 heteroatoms. The van der Waals surface area contributed by atoms with E-state index in [1.807, 2.05) is 19.1 Å². The van der Waals surface area contributed by atoms with E-state index in [4.69, 9.17) is 16.3 Å². The van der Waals surface area contributed by atoms with E-state index < -0.39 is 6.10 Å². The largest absolute Gasteiger partial charge is 0.479 e. The molecule has 2 unspecified atom stereocenters. The highest BCUT2D eigenvalue weighted by molar-refractivity contribution is 6.32. The van der Waals surface area contributed by atoms with Crippen molar-refractivity contribution in [3.05, 3.63) is 28.8 Å². The molecule has 4 nitrogen and oxygen atoms in total. The van der Waals surface area contributed by atoms with Gasteiger partial charge in [0.1, 0.15) is 5.75 Å². The van der Waals surface area contributed by atoms with Crippen LogP contribution < -0.4 is 10.1 Å². The molecule has 1 aromatic rings. The summed E-state index contributed by atoms with van der Waals surface area (Å²) in [6.07, 6.45) is 1.91. The van der Waals surface area contributed by atoms with E-state index in [0.29, 0.717) is 23.4 Å². The Balaban J connectivity index is 1.80. The minimum atomic E-state index is -0.571. The van der Waals surface area contributed by atoms with Crippen LogP contribution in [0.25, 0.3) is 0 Å². The van der Waals surface area contributed by atoms with Gasteiger partial charge in [-0.15, -0.1) is 0 Å². The Hall–Kier alpha value is -1.26. The number of halogens is 1. The highest BCUT2D eigenvalue weighted by Crippen LogP contribution is 2.26. The average Bonchev–Trinajstić information content (AvgIpc) is 2.56. The minimum Gasteiger partial charge on any atom is -0.479 e. The van der Waals surface area contributed by atoms with Crippen LogP contribution in [-0.2, 0) is 4.79 Å². The number of aryl methyl sites for hydroxylation is 1. The Kier molecular flexibility index (Phi) is 6.93. The van der Waals surface area contributed by atoms with Crippen LogP contribution in [0.2, 0.25) is 5.02 Å². The Bertz CT molecular complexity index is 556. The highest BCUT2D eigenvalue weighted by atomic mass is 35.5. The third-order valence-corrected chi connectivity index (χ3v) is 5.09. The number of hydrogen-bond donors (Lipinski definition) is 1. The zero-order chi connectivity index (χ0) is 17.7. The molecule has 0 aliphatic carbocycles.